The summed E-state index contributed by atoms with van der Waals surface area (Å²) < 4.78 is 23.6. The van der Waals surface area contributed by atoms with E-state index in [1.807, 2.05) is 4.90 Å². The molecule has 0 aromatic heterocycles. The lowest BCUT2D eigenvalue weighted by atomic mass is 10.2. The van der Waals surface area contributed by atoms with Gasteiger partial charge in [0.05, 0.1) is 6.10 Å². The maximum absolute atomic E-state index is 11.8. The zero-order chi connectivity index (χ0) is 14.6. The van der Waals surface area contributed by atoms with Gasteiger partial charge in [0.15, 0.2) is 9.84 Å². The Kier molecular flexibility index (Phi) is 6.12. The number of aliphatic hydroxyl groups excluding tert-OH is 1. The number of sulfone groups is 1. The van der Waals surface area contributed by atoms with Crippen molar-refractivity contribution < 1.29 is 13.5 Å². The van der Waals surface area contributed by atoms with E-state index in [1.54, 1.807) is 11.8 Å². The van der Waals surface area contributed by atoms with Crippen molar-refractivity contribution in [2.45, 2.75) is 11.5 Å². The Morgan fingerprint density at radius 3 is 2.65 bits per heavy atom. The van der Waals surface area contributed by atoms with Crippen molar-refractivity contribution in [2.75, 3.05) is 63.6 Å². The van der Waals surface area contributed by atoms with E-state index in [1.165, 1.54) is 6.26 Å². The minimum Gasteiger partial charge on any atom is -0.390 e. The smallest absolute Gasteiger partial charge is 0.164 e. The van der Waals surface area contributed by atoms with E-state index in [0.717, 1.165) is 38.5 Å². The van der Waals surface area contributed by atoms with Gasteiger partial charge < -0.3 is 10.4 Å². The molecule has 0 spiro atoms. The molecule has 2 aliphatic rings. The first kappa shape index (κ1) is 16.5. The molecule has 0 bridgehead atoms. The van der Waals surface area contributed by atoms with Crippen LogP contribution in [0.2, 0.25) is 0 Å². The Bertz CT molecular complexity index is 399. The molecule has 2 atom stereocenters. The van der Waals surface area contributed by atoms with Crippen LogP contribution in [0.15, 0.2) is 0 Å². The van der Waals surface area contributed by atoms with Crippen LogP contribution >= 0.6 is 11.8 Å². The Hall–Kier alpha value is 0.140. The molecule has 0 radical (unpaired) electrons. The molecule has 2 rings (SSSR count). The third-order valence-electron chi connectivity index (χ3n) is 3.81. The maximum Gasteiger partial charge on any atom is 0.164 e. The highest BCUT2D eigenvalue weighted by Gasteiger charge is 2.32. The highest BCUT2D eigenvalue weighted by molar-refractivity contribution is 8.00. The van der Waals surface area contributed by atoms with Crippen LogP contribution in [0.1, 0.15) is 0 Å². The molecule has 118 valence electrons. The van der Waals surface area contributed by atoms with Gasteiger partial charge in [-0.15, -0.1) is 0 Å². The third kappa shape index (κ3) is 4.85. The highest BCUT2D eigenvalue weighted by atomic mass is 32.2. The van der Waals surface area contributed by atoms with E-state index >= 15 is 0 Å². The quantitative estimate of drug-likeness (QED) is 0.649. The van der Waals surface area contributed by atoms with E-state index in [0.29, 0.717) is 18.8 Å². The van der Waals surface area contributed by atoms with Crippen molar-refractivity contribution in [3.63, 3.8) is 0 Å². The van der Waals surface area contributed by atoms with Crippen molar-refractivity contribution in [1.82, 2.24) is 15.1 Å². The fraction of sp³-hybridized carbons (Fsp3) is 1.00. The van der Waals surface area contributed by atoms with Crippen molar-refractivity contribution >= 4 is 21.6 Å². The van der Waals surface area contributed by atoms with Gasteiger partial charge in [-0.2, -0.15) is 11.8 Å². The Labute approximate surface area is 125 Å². The largest absolute Gasteiger partial charge is 0.390 e. The topological polar surface area (TPSA) is 72.9 Å². The molecule has 0 saturated carbocycles. The van der Waals surface area contributed by atoms with Gasteiger partial charge >= 0.3 is 0 Å². The number of thioether (sulfide) groups is 1. The van der Waals surface area contributed by atoms with Gasteiger partial charge in [-0.25, -0.2) is 8.42 Å². The summed E-state index contributed by atoms with van der Waals surface area (Å²) in [6.45, 7) is 5.62. The van der Waals surface area contributed by atoms with E-state index < -0.39 is 21.3 Å². The van der Waals surface area contributed by atoms with Gasteiger partial charge in [-0.3, -0.25) is 9.80 Å². The molecule has 2 heterocycles. The van der Waals surface area contributed by atoms with Crippen LogP contribution in [0.25, 0.3) is 0 Å². The fourth-order valence-corrected chi connectivity index (χ4v) is 5.69. The predicted octanol–water partition coefficient (Wildman–Crippen LogP) is -1.33. The molecule has 0 aliphatic carbocycles. The van der Waals surface area contributed by atoms with Crippen molar-refractivity contribution in [3.05, 3.63) is 0 Å². The Balaban J connectivity index is 1.86. The van der Waals surface area contributed by atoms with Crippen LogP contribution in [-0.4, -0.2) is 98.4 Å². The van der Waals surface area contributed by atoms with Crippen LogP contribution < -0.4 is 5.32 Å². The van der Waals surface area contributed by atoms with Crippen LogP contribution in [-0.2, 0) is 9.84 Å². The monoisotopic (exact) mass is 323 g/mol. The zero-order valence-electron chi connectivity index (χ0n) is 12.0. The minimum absolute atomic E-state index is 0.445. The lowest BCUT2D eigenvalue weighted by Crippen LogP contribution is -2.52. The number of aliphatic hydroxyl groups is 1. The number of β-amino-alcohol motifs (C(OH)–C–C–N with tert-alkyl or cyclic N) is 1. The molecule has 0 aromatic carbocycles. The van der Waals surface area contributed by atoms with E-state index in [-0.39, 0.29) is 0 Å². The van der Waals surface area contributed by atoms with Crippen LogP contribution in [0.3, 0.4) is 0 Å². The number of nitrogens with one attached hydrogen (secondary N) is 1. The van der Waals surface area contributed by atoms with E-state index in [2.05, 4.69) is 10.2 Å². The molecule has 2 N–H and O–H groups in total. The first-order chi connectivity index (χ1) is 9.47. The van der Waals surface area contributed by atoms with Gasteiger partial charge in [0.2, 0.25) is 0 Å². The number of hydrogen-bond acceptors (Lipinski definition) is 7. The summed E-state index contributed by atoms with van der Waals surface area (Å²) in [7, 11) is -3.08. The number of piperazine rings is 1. The zero-order valence-corrected chi connectivity index (χ0v) is 13.6. The molecule has 2 fully saturated rings. The maximum atomic E-state index is 11.8. The van der Waals surface area contributed by atoms with Gasteiger partial charge in [-0.1, -0.05) is 0 Å². The molecule has 0 aromatic rings. The van der Waals surface area contributed by atoms with Crippen molar-refractivity contribution in [2.24, 2.45) is 0 Å². The van der Waals surface area contributed by atoms with Gasteiger partial charge in [0, 0.05) is 63.6 Å². The van der Waals surface area contributed by atoms with Crippen molar-refractivity contribution in [1.29, 1.82) is 0 Å². The highest BCUT2D eigenvalue weighted by Crippen LogP contribution is 2.20. The molecule has 6 nitrogen and oxygen atoms in total. The molecule has 0 amide bonds. The van der Waals surface area contributed by atoms with Crippen LogP contribution in [0.5, 0.6) is 0 Å². The van der Waals surface area contributed by atoms with Gasteiger partial charge in [-0.05, 0) is 0 Å². The molecule has 2 saturated heterocycles. The normalized spacial score (nSPS) is 28.4. The number of nitrogens with zero attached hydrogens (tertiary/aromatic N) is 2. The van der Waals surface area contributed by atoms with Crippen molar-refractivity contribution in [3.8, 4) is 0 Å². The number of hydrogen-bond donors (Lipinski definition) is 2. The summed E-state index contributed by atoms with van der Waals surface area (Å²) in [5, 5.41) is 13.1. The first-order valence-corrected chi connectivity index (χ1v) is 10.2. The van der Waals surface area contributed by atoms with Gasteiger partial charge in [0.25, 0.3) is 0 Å². The lowest BCUT2D eigenvalue weighted by molar-refractivity contribution is 0.0682. The third-order valence-corrected chi connectivity index (χ3v) is 6.50. The van der Waals surface area contributed by atoms with E-state index in [9.17, 15) is 13.5 Å². The minimum atomic E-state index is -3.08. The first-order valence-electron chi connectivity index (χ1n) is 7.08. The SMILES string of the molecule is CS(=O)(=O)C1CSCCN1CC(O)CN1CCNCC1. The molecular weight excluding hydrogens is 298 g/mol. The molecule has 2 unspecified atom stereocenters. The molecule has 2 aliphatic heterocycles. The summed E-state index contributed by atoms with van der Waals surface area (Å²) in [6, 6.07) is 0. The molecule has 8 heteroatoms. The predicted molar refractivity (Wildman–Crippen MR) is 82.8 cm³/mol. The summed E-state index contributed by atoms with van der Waals surface area (Å²) in [5.74, 6) is 1.55. The summed E-state index contributed by atoms with van der Waals surface area (Å²) in [6.07, 6.45) is 0.805. The number of rotatable bonds is 5. The molecule has 20 heavy (non-hydrogen) atoms. The Morgan fingerprint density at radius 2 is 2.00 bits per heavy atom. The van der Waals surface area contributed by atoms with Gasteiger partial charge in [0.1, 0.15) is 5.37 Å². The Morgan fingerprint density at radius 1 is 1.30 bits per heavy atom. The lowest BCUT2D eigenvalue weighted by Gasteiger charge is -2.36. The average molecular weight is 323 g/mol. The average Bonchev–Trinajstić information content (AvgIpc) is 2.39. The molecular formula is C12H25N3O3S2. The fourth-order valence-electron chi connectivity index (χ4n) is 2.74. The second-order valence-corrected chi connectivity index (χ2v) is 8.91. The van der Waals surface area contributed by atoms with Crippen LogP contribution in [0, 0.1) is 0 Å². The summed E-state index contributed by atoms with van der Waals surface area (Å²) in [5.41, 5.74) is 0. The van der Waals surface area contributed by atoms with Crippen LogP contribution in [0.4, 0.5) is 0 Å². The summed E-state index contributed by atoms with van der Waals surface area (Å²) in [4.78, 5) is 4.16. The second kappa shape index (κ2) is 7.42. The standard InChI is InChI=1S/C12H25N3O3S2/c1-20(17,18)12-10-19-7-6-15(12)9-11(16)8-14-4-2-13-3-5-14/h11-13,16H,2-10H2,1H3. The van der Waals surface area contributed by atoms with E-state index in [4.69, 9.17) is 0 Å². The summed E-state index contributed by atoms with van der Waals surface area (Å²) >= 11 is 1.68. The second-order valence-electron chi connectivity index (χ2n) is 5.56.